The standard InChI is InChI=1S/C25H48N2O9.2C2H6/c1-23-3-7-27(8-4-23)25(29)6-10-31-12-14-33-16-18-35-20-22-36-21-19-34-17-15-32-13-11-30-9-5-24(28)26-2;2*1-2/h23H,3-22H2,1-2H3,(H,26,28);2*1-2H3. The van der Waals surface area contributed by atoms with Crippen molar-refractivity contribution in [1.29, 1.82) is 0 Å². The molecule has 1 heterocycles. The molecule has 0 aromatic rings. The first-order valence-corrected chi connectivity index (χ1v) is 15.2. The van der Waals surface area contributed by atoms with E-state index in [0.29, 0.717) is 105 Å². The van der Waals surface area contributed by atoms with Crippen molar-refractivity contribution in [2.24, 2.45) is 5.92 Å². The molecule has 0 radical (unpaired) electrons. The van der Waals surface area contributed by atoms with Gasteiger partial charge in [-0.3, -0.25) is 9.59 Å². The van der Waals surface area contributed by atoms with E-state index in [9.17, 15) is 9.59 Å². The molecule has 0 aliphatic carbocycles. The maximum absolute atomic E-state index is 12.1. The molecule has 1 rings (SSSR count). The number of piperidine rings is 1. The zero-order valence-electron chi connectivity index (χ0n) is 26.3. The van der Waals surface area contributed by atoms with Crippen LogP contribution in [0.25, 0.3) is 0 Å². The van der Waals surface area contributed by atoms with Gasteiger partial charge in [-0.1, -0.05) is 34.6 Å². The first kappa shape index (κ1) is 40.8. The molecule has 0 aromatic heterocycles. The predicted octanol–water partition coefficient (Wildman–Crippen LogP) is 2.94. The molecule has 0 spiro atoms. The van der Waals surface area contributed by atoms with Gasteiger partial charge in [-0.25, -0.2) is 0 Å². The number of ether oxygens (including phenoxy) is 7. The minimum absolute atomic E-state index is 0.0340. The molecule has 11 nitrogen and oxygen atoms in total. The van der Waals surface area contributed by atoms with Gasteiger partial charge in [-0.05, 0) is 18.8 Å². The van der Waals surface area contributed by atoms with Gasteiger partial charge in [0.2, 0.25) is 11.8 Å². The van der Waals surface area contributed by atoms with Crippen molar-refractivity contribution in [3.63, 3.8) is 0 Å². The van der Waals surface area contributed by atoms with Gasteiger partial charge in [0, 0.05) is 26.6 Å². The van der Waals surface area contributed by atoms with Crippen LogP contribution < -0.4 is 5.32 Å². The van der Waals surface area contributed by atoms with Crippen LogP contribution in [0.3, 0.4) is 0 Å². The van der Waals surface area contributed by atoms with Gasteiger partial charge in [-0.15, -0.1) is 0 Å². The van der Waals surface area contributed by atoms with Crippen molar-refractivity contribution in [3.8, 4) is 0 Å². The van der Waals surface area contributed by atoms with Crippen LogP contribution in [-0.2, 0) is 42.7 Å². The highest BCUT2D eigenvalue weighted by atomic mass is 16.6. The molecule has 0 atom stereocenters. The predicted molar refractivity (Wildman–Crippen MR) is 157 cm³/mol. The van der Waals surface area contributed by atoms with Crippen LogP contribution in [0, 0.1) is 5.92 Å². The Balaban J connectivity index is 0. The van der Waals surface area contributed by atoms with E-state index in [1.165, 1.54) is 0 Å². The monoisotopic (exact) mass is 580 g/mol. The van der Waals surface area contributed by atoms with E-state index in [1.807, 2.05) is 32.6 Å². The SMILES string of the molecule is CC.CC.CNC(=O)CCOCCOCCOCCOCCOCCOCCOCCC(=O)N1CCC(C)CC1. The largest absolute Gasteiger partial charge is 0.379 e. The summed E-state index contributed by atoms with van der Waals surface area (Å²) >= 11 is 0. The van der Waals surface area contributed by atoms with Gasteiger partial charge in [0.15, 0.2) is 0 Å². The van der Waals surface area contributed by atoms with E-state index in [4.69, 9.17) is 33.2 Å². The van der Waals surface area contributed by atoms with E-state index in [-0.39, 0.29) is 11.8 Å². The number of rotatable bonds is 24. The number of carbonyl (C=O) groups is 2. The second-order valence-electron chi connectivity index (χ2n) is 8.52. The Bertz CT molecular complexity index is 534. The number of likely N-dealkylation sites (tertiary alicyclic amines) is 1. The second-order valence-corrected chi connectivity index (χ2v) is 8.52. The van der Waals surface area contributed by atoms with Crippen LogP contribution in [0.4, 0.5) is 0 Å². The van der Waals surface area contributed by atoms with Gasteiger partial charge in [-0.2, -0.15) is 0 Å². The van der Waals surface area contributed by atoms with Crippen molar-refractivity contribution < 1.29 is 42.7 Å². The molecule has 0 unspecified atom stereocenters. The van der Waals surface area contributed by atoms with Crippen LogP contribution in [0.5, 0.6) is 0 Å². The summed E-state index contributed by atoms with van der Waals surface area (Å²) in [7, 11) is 1.60. The average Bonchev–Trinajstić information content (AvgIpc) is 2.99. The van der Waals surface area contributed by atoms with E-state index in [0.717, 1.165) is 31.8 Å². The van der Waals surface area contributed by atoms with Crippen LogP contribution in [0.1, 0.15) is 60.3 Å². The fourth-order valence-electron chi connectivity index (χ4n) is 3.29. The van der Waals surface area contributed by atoms with E-state index in [2.05, 4.69) is 12.2 Å². The maximum atomic E-state index is 12.1. The molecule has 1 aliphatic heterocycles. The Morgan fingerprint density at radius 2 is 0.875 bits per heavy atom. The lowest BCUT2D eigenvalue weighted by molar-refractivity contribution is -0.133. The Labute approximate surface area is 243 Å². The zero-order valence-corrected chi connectivity index (χ0v) is 26.3. The molecule has 0 bridgehead atoms. The van der Waals surface area contributed by atoms with Crippen LogP contribution >= 0.6 is 0 Å². The topological polar surface area (TPSA) is 114 Å². The Morgan fingerprint density at radius 1 is 0.575 bits per heavy atom. The quantitative estimate of drug-likeness (QED) is 0.172. The molecule has 2 amide bonds. The van der Waals surface area contributed by atoms with Crippen LogP contribution in [0.15, 0.2) is 0 Å². The minimum atomic E-state index is -0.0340. The number of nitrogens with one attached hydrogen (secondary N) is 1. The van der Waals surface area contributed by atoms with E-state index < -0.39 is 0 Å². The first-order valence-electron chi connectivity index (χ1n) is 15.2. The zero-order chi connectivity index (χ0) is 30.1. The van der Waals surface area contributed by atoms with Gasteiger partial charge in [0.05, 0.1) is 98.9 Å². The van der Waals surface area contributed by atoms with Crippen molar-refractivity contribution in [3.05, 3.63) is 0 Å². The van der Waals surface area contributed by atoms with Gasteiger partial charge in [0.1, 0.15) is 0 Å². The Hall–Kier alpha value is -1.34. The molecular formula is C29H60N2O9. The summed E-state index contributed by atoms with van der Waals surface area (Å²) in [5.74, 6) is 0.878. The number of hydrogen-bond acceptors (Lipinski definition) is 9. The van der Waals surface area contributed by atoms with E-state index in [1.54, 1.807) is 7.05 Å². The van der Waals surface area contributed by atoms with Crippen molar-refractivity contribution in [1.82, 2.24) is 10.2 Å². The van der Waals surface area contributed by atoms with Gasteiger partial charge >= 0.3 is 0 Å². The molecule has 40 heavy (non-hydrogen) atoms. The van der Waals surface area contributed by atoms with Gasteiger partial charge < -0.3 is 43.4 Å². The van der Waals surface area contributed by atoms with Crippen molar-refractivity contribution in [2.75, 3.05) is 113 Å². The third kappa shape index (κ3) is 28.2. The Kier molecular flexibility index (Phi) is 34.5. The third-order valence-corrected chi connectivity index (χ3v) is 5.58. The fourth-order valence-corrected chi connectivity index (χ4v) is 3.29. The Morgan fingerprint density at radius 3 is 1.20 bits per heavy atom. The summed E-state index contributed by atoms with van der Waals surface area (Å²) in [6.45, 7) is 18.7. The lowest BCUT2D eigenvalue weighted by Gasteiger charge is -2.30. The smallest absolute Gasteiger partial charge is 0.224 e. The van der Waals surface area contributed by atoms with Crippen molar-refractivity contribution in [2.45, 2.75) is 60.3 Å². The van der Waals surface area contributed by atoms with Crippen molar-refractivity contribution >= 4 is 11.8 Å². The lowest BCUT2D eigenvalue weighted by Crippen LogP contribution is -2.38. The van der Waals surface area contributed by atoms with Crippen LogP contribution in [-0.4, -0.2) is 129 Å². The summed E-state index contributed by atoms with van der Waals surface area (Å²) in [4.78, 5) is 25.0. The molecule has 240 valence electrons. The fraction of sp³-hybridized carbons (Fsp3) is 0.931. The lowest BCUT2D eigenvalue weighted by atomic mass is 9.99. The molecule has 1 saturated heterocycles. The number of amides is 2. The molecule has 1 N–H and O–H groups in total. The summed E-state index contributed by atoms with van der Waals surface area (Å²) in [6, 6.07) is 0. The third-order valence-electron chi connectivity index (χ3n) is 5.58. The molecule has 11 heteroatoms. The normalized spacial score (nSPS) is 13.2. The summed E-state index contributed by atoms with van der Waals surface area (Å²) in [5, 5.41) is 2.54. The minimum Gasteiger partial charge on any atom is -0.379 e. The van der Waals surface area contributed by atoms with E-state index >= 15 is 0 Å². The second kappa shape index (κ2) is 33.9. The molecule has 0 aromatic carbocycles. The number of carbonyl (C=O) groups excluding carboxylic acids is 2. The first-order chi connectivity index (χ1) is 19.6. The number of hydrogen-bond donors (Lipinski definition) is 1. The average molecular weight is 581 g/mol. The summed E-state index contributed by atoms with van der Waals surface area (Å²) < 4.78 is 37.9. The molecular weight excluding hydrogens is 520 g/mol. The highest BCUT2D eigenvalue weighted by molar-refractivity contribution is 5.76. The summed E-state index contributed by atoms with van der Waals surface area (Å²) in [5.41, 5.74) is 0. The number of nitrogens with zero attached hydrogens (tertiary/aromatic N) is 1. The maximum Gasteiger partial charge on any atom is 0.224 e. The highest BCUT2D eigenvalue weighted by Gasteiger charge is 2.19. The molecule has 1 aliphatic rings. The summed E-state index contributed by atoms with van der Waals surface area (Å²) in [6.07, 6.45) is 2.99. The molecule has 0 saturated carbocycles. The molecule has 1 fully saturated rings. The van der Waals surface area contributed by atoms with Gasteiger partial charge in [0.25, 0.3) is 0 Å². The van der Waals surface area contributed by atoms with Crippen LogP contribution in [0.2, 0.25) is 0 Å². The highest BCUT2D eigenvalue weighted by Crippen LogP contribution is 2.16.